The van der Waals surface area contributed by atoms with Crippen molar-refractivity contribution in [2.45, 2.75) is 13.0 Å². The Bertz CT molecular complexity index is 3120. The van der Waals surface area contributed by atoms with Crippen molar-refractivity contribution in [1.82, 2.24) is 34.8 Å². The maximum atomic E-state index is 13.4. The summed E-state index contributed by atoms with van der Waals surface area (Å²) >= 11 is 0. The largest absolute Gasteiger partial charge is 0.354 e. The van der Waals surface area contributed by atoms with Crippen molar-refractivity contribution in [2.24, 2.45) is 0 Å². The lowest BCUT2D eigenvalue weighted by Gasteiger charge is -2.07. The normalized spacial score (nSPS) is 12.0. The highest BCUT2D eigenvalue weighted by atomic mass is 16.1. The van der Waals surface area contributed by atoms with Gasteiger partial charge in [0.05, 0.1) is 34.6 Å². The molecule has 4 aromatic carbocycles. The van der Waals surface area contributed by atoms with Gasteiger partial charge in [0.1, 0.15) is 0 Å². The second kappa shape index (κ2) is 16.6. The molecule has 294 valence electrons. The number of aryl methyl sites for hydroxylation is 1. The fraction of sp³-hybridized carbons (Fsp3) is 0.0566. The van der Waals surface area contributed by atoms with E-state index in [1.165, 1.54) is 0 Å². The van der Waals surface area contributed by atoms with Gasteiger partial charge >= 0.3 is 0 Å². The van der Waals surface area contributed by atoms with Crippen LogP contribution in [-0.4, -0.2) is 41.9 Å². The van der Waals surface area contributed by atoms with Gasteiger partial charge in [-0.15, -0.1) is 0 Å². The highest BCUT2D eigenvalue weighted by Crippen LogP contribution is 2.39. The van der Waals surface area contributed by atoms with Crippen molar-refractivity contribution in [1.29, 1.82) is 0 Å². The average molecular weight is 792 g/mol. The molecule has 2 aliphatic rings. The van der Waals surface area contributed by atoms with E-state index >= 15 is 0 Å². The molecule has 0 fully saturated rings. The summed E-state index contributed by atoms with van der Waals surface area (Å²) in [6.45, 7) is 1.31. The Kier molecular flexibility index (Phi) is 10.1. The van der Waals surface area contributed by atoms with Crippen LogP contribution in [0.2, 0.25) is 0 Å². The number of fused-ring (bicyclic) bond motifs is 8. The Morgan fingerprint density at radius 3 is 1.54 bits per heavy atom. The second-order valence-corrected chi connectivity index (χ2v) is 15.0. The van der Waals surface area contributed by atoms with E-state index in [-0.39, 0.29) is 5.91 Å². The van der Waals surface area contributed by atoms with Crippen LogP contribution in [0.4, 0.5) is 0 Å². The third-order valence-electron chi connectivity index (χ3n) is 11.0. The van der Waals surface area contributed by atoms with E-state index in [9.17, 15) is 4.79 Å². The van der Waals surface area contributed by atoms with Crippen LogP contribution >= 0.6 is 0 Å². The Balaban J connectivity index is 1.28. The quantitative estimate of drug-likeness (QED) is 0.0947. The highest BCUT2D eigenvalue weighted by Gasteiger charge is 2.20. The van der Waals surface area contributed by atoms with Gasteiger partial charge in [0, 0.05) is 75.9 Å². The number of carbonyl (C=O) groups is 1. The molecule has 6 heterocycles. The summed E-state index contributed by atoms with van der Waals surface area (Å²) < 4.78 is 2.01. The fourth-order valence-corrected chi connectivity index (χ4v) is 8.19. The number of aromatic nitrogens is 6. The van der Waals surface area contributed by atoms with E-state index in [0.717, 1.165) is 108 Å². The fourth-order valence-electron chi connectivity index (χ4n) is 8.19. The summed E-state index contributed by atoms with van der Waals surface area (Å²) in [5.41, 5.74) is 15.6. The van der Waals surface area contributed by atoms with Crippen molar-refractivity contribution in [3.8, 4) is 44.5 Å². The number of imidazole rings is 1. The molecule has 1 amide bonds. The number of hydrogen-bond acceptors (Lipinski definition) is 4. The van der Waals surface area contributed by atoms with Crippen molar-refractivity contribution in [3.63, 3.8) is 0 Å². The minimum Gasteiger partial charge on any atom is -0.354 e. The van der Waals surface area contributed by atoms with Gasteiger partial charge in [-0.1, -0.05) is 121 Å². The first-order valence-corrected chi connectivity index (χ1v) is 20.5. The zero-order valence-corrected chi connectivity index (χ0v) is 33.3. The molecule has 0 saturated heterocycles. The summed E-state index contributed by atoms with van der Waals surface area (Å²) in [4.78, 5) is 36.1. The van der Waals surface area contributed by atoms with Crippen molar-refractivity contribution < 1.29 is 4.79 Å². The van der Waals surface area contributed by atoms with Crippen LogP contribution in [0.5, 0.6) is 0 Å². The predicted octanol–water partition coefficient (Wildman–Crippen LogP) is 11.7. The number of hydrogen-bond donors (Lipinski definition) is 3. The number of aromatic amines is 2. The maximum Gasteiger partial charge on any atom is 0.244 e. The van der Waals surface area contributed by atoms with Gasteiger partial charge in [0.25, 0.3) is 0 Å². The third-order valence-corrected chi connectivity index (χ3v) is 11.0. The number of nitrogens with one attached hydrogen (secondary N) is 3. The standard InChI is InChI=1S/C53H41N7O/c61-48(55-30-13-32-60-33-31-54-35-60)29-22-40-34-47-51(38-18-9-3-10-19-38)45-26-25-43(57-45)49(36-14-5-1-6-15-36)41-23-24-42(56-41)50(37-16-7-2-8-17-37)44-27-28-46(58-44)52(53(40)59-47)39-20-11-4-12-21-39/h1-12,14-29,31,33-35,56,59H,13,30,32H2,(H,55,61)/b29-22-,49-41?,49-43?,50-42?,50-44?,51-45?,51-47?,52-46?,53-52?. The first kappa shape index (κ1) is 37.2. The molecule has 0 saturated carbocycles. The zero-order chi connectivity index (χ0) is 41.0. The van der Waals surface area contributed by atoms with Gasteiger partial charge in [-0.3, -0.25) is 4.79 Å². The first-order valence-electron chi connectivity index (χ1n) is 20.5. The zero-order valence-electron chi connectivity index (χ0n) is 33.3. The Hall–Kier alpha value is -8.10. The number of rotatable bonds is 10. The number of H-pyrrole nitrogens is 2. The molecule has 8 aromatic rings. The Morgan fingerprint density at radius 1 is 0.574 bits per heavy atom. The van der Waals surface area contributed by atoms with E-state index in [2.05, 4.69) is 136 Å². The minimum absolute atomic E-state index is 0.168. The van der Waals surface area contributed by atoms with Gasteiger partial charge in [0.2, 0.25) is 5.91 Å². The van der Waals surface area contributed by atoms with Crippen molar-refractivity contribution >= 4 is 58.4 Å². The van der Waals surface area contributed by atoms with E-state index in [1.807, 2.05) is 65.4 Å². The number of benzene rings is 4. The van der Waals surface area contributed by atoms with Crippen LogP contribution in [0.15, 0.2) is 164 Å². The van der Waals surface area contributed by atoms with Crippen LogP contribution in [0.3, 0.4) is 0 Å². The topological polar surface area (TPSA) is 104 Å². The smallest absolute Gasteiger partial charge is 0.244 e. The third kappa shape index (κ3) is 7.66. The lowest BCUT2D eigenvalue weighted by molar-refractivity contribution is -0.116. The van der Waals surface area contributed by atoms with Gasteiger partial charge < -0.3 is 19.9 Å². The van der Waals surface area contributed by atoms with Crippen molar-refractivity contribution in [3.05, 3.63) is 193 Å². The minimum atomic E-state index is -0.168. The molecule has 4 aromatic heterocycles. The Morgan fingerprint density at radius 2 is 1.05 bits per heavy atom. The van der Waals surface area contributed by atoms with Crippen LogP contribution < -0.4 is 5.32 Å². The molecule has 3 N–H and O–H groups in total. The molecule has 0 unspecified atom stereocenters. The van der Waals surface area contributed by atoms with Crippen molar-refractivity contribution in [2.75, 3.05) is 6.54 Å². The predicted molar refractivity (Wildman–Crippen MR) is 249 cm³/mol. The molecule has 0 spiro atoms. The number of amides is 1. The lowest BCUT2D eigenvalue weighted by atomic mass is 10.0. The molecule has 10 rings (SSSR count). The summed E-state index contributed by atoms with van der Waals surface area (Å²) in [5, 5.41) is 3.07. The highest BCUT2D eigenvalue weighted by molar-refractivity contribution is 6.03. The summed E-state index contributed by atoms with van der Waals surface area (Å²) in [6, 6.07) is 47.9. The van der Waals surface area contributed by atoms with E-state index in [0.29, 0.717) is 6.54 Å². The Labute approximate surface area is 353 Å². The van der Waals surface area contributed by atoms with Gasteiger partial charge in [0.15, 0.2) is 0 Å². The molecule has 0 radical (unpaired) electrons. The van der Waals surface area contributed by atoms with Crippen LogP contribution in [-0.2, 0) is 11.3 Å². The molecule has 2 aliphatic heterocycles. The summed E-state index contributed by atoms with van der Waals surface area (Å²) in [5.74, 6) is -0.168. The number of nitrogens with zero attached hydrogens (tertiary/aromatic N) is 4. The van der Waals surface area contributed by atoms with E-state index in [4.69, 9.17) is 9.97 Å². The van der Waals surface area contributed by atoms with Crippen LogP contribution in [0.25, 0.3) is 97.0 Å². The van der Waals surface area contributed by atoms with Gasteiger partial charge in [-0.2, -0.15) is 0 Å². The van der Waals surface area contributed by atoms with Gasteiger partial charge in [-0.25, -0.2) is 15.0 Å². The molecule has 8 bridgehead atoms. The second-order valence-electron chi connectivity index (χ2n) is 15.0. The lowest BCUT2D eigenvalue weighted by Crippen LogP contribution is -2.22. The van der Waals surface area contributed by atoms with Crippen LogP contribution in [0.1, 0.15) is 34.8 Å². The van der Waals surface area contributed by atoms with Crippen LogP contribution in [0, 0.1) is 0 Å². The monoisotopic (exact) mass is 791 g/mol. The molecular formula is C53H41N7O. The molecule has 0 aliphatic carbocycles. The number of carbonyl (C=O) groups excluding carboxylic acids is 1. The average Bonchev–Trinajstić information content (AvgIpc) is 4.18. The summed E-state index contributed by atoms with van der Waals surface area (Å²) in [6.07, 6.45) is 18.2. The molecule has 8 heteroatoms. The first-order chi connectivity index (χ1) is 30.2. The maximum absolute atomic E-state index is 13.4. The molecular weight excluding hydrogens is 751 g/mol. The summed E-state index contributed by atoms with van der Waals surface area (Å²) in [7, 11) is 0. The molecule has 8 nitrogen and oxygen atoms in total. The van der Waals surface area contributed by atoms with E-state index < -0.39 is 0 Å². The molecule has 61 heavy (non-hydrogen) atoms. The molecule has 0 atom stereocenters. The SMILES string of the molecule is O=C(/C=C\c1cc2[nH]c1c(-c1ccccc1)c1nc(c(-c3ccccc3)c3ccc([nH]3)c(-c3ccccc3)c3nc(c2-c2ccccc2)C=C3)C=C1)NCCCn1ccnc1. The van der Waals surface area contributed by atoms with Gasteiger partial charge in [-0.05, 0) is 77.3 Å². The van der Waals surface area contributed by atoms with E-state index in [1.54, 1.807) is 18.6 Å².